The highest BCUT2D eigenvalue weighted by Crippen LogP contribution is 2.32. The molecular weight excluding hydrogens is 335 g/mol. The van der Waals surface area contributed by atoms with E-state index >= 15 is 0 Å². The number of alkyl halides is 3. The SMILES string of the molecule is O=C(Cn1c(Cl)nc2ccc(C(F)(F)F)cc21)N1CCOCC1. The van der Waals surface area contributed by atoms with Gasteiger partial charge >= 0.3 is 6.18 Å². The maximum Gasteiger partial charge on any atom is 0.416 e. The molecule has 1 aromatic carbocycles. The van der Waals surface area contributed by atoms with E-state index in [-0.39, 0.29) is 23.3 Å². The second-order valence-corrected chi connectivity index (χ2v) is 5.50. The number of aromatic nitrogens is 2. The van der Waals surface area contributed by atoms with Gasteiger partial charge in [-0.2, -0.15) is 13.2 Å². The Balaban J connectivity index is 1.92. The van der Waals surface area contributed by atoms with Gasteiger partial charge in [-0.3, -0.25) is 4.79 Å². The summed E-state index contributed by atoms with van der Waals surface area (Å²) >= 11 is 5.99. The first-order valence-electron chi connectivity index (χ1n) is 6.95. The van der Waals surface area contributed by atoms with Crippen LogP contribution in [-0.2, 0) is 22.3 Å². The lowest BCUT2D eigenvalue weighted by Gasteiger charge is -2.27. The molecule has 0 aliphatic carbocycles. The average molecular weight is 348 g/mol. The van der Waals surface area contributed by atoms with Crippen LogP contribution in [0, 0.1) is 0 Å². The van der Waals surface area contributed by atoms with Gasteiger partial charge in [-0.25, -0.2) is 4.98 Å². The number of carbonyl (C=O) groups is 1. The molecule has 3 rings (SSSR count). The van der Waals surface area contributed by atoms with Gasteiger partial charge in [0.15, 0.2) is 0 Å². The van der Waals surface area contributed by atoms with Gasteiger partial charge in [-0.1, -0.05) is 0 Å². The number of carbonyl (C=O) groups excluding carboxylic acids is 1. The number of nitrogens with zero attached hydrogens (tertiary/aromatic N) is 3. The Bertz CT molecular complexity index is 739. The van der Waals surface area contributed by atoms with Crippen molar-refractivity contribution in [3.8, 4) is 0 Å². The number of hydrogen-bond donors (Lipinski definition) is 0. The summed E-state index contributed by atoms with van der Waals surface area (Å²) in [6.07, 6.45) is -4.47. The molecular formula is C14H13ClF3N3O2. The van der Waals surface area contributed by atoms with Crippen molar-refractivity contribution in [3.63, 3.8) is 0 Å². The van der Waals surface area contributed by atoms with Crippen LogP contribution >= 0.6 is 11.6 Å². The van der Waals surface area contributed by atoms with Gasteiger partial charge in [0, 0.05) is 13.1 Å². The summed E-state index contributed by atoms with van der Waals surface area (Å²) in [6, 6.07) is 3.15. The molecule has 1 amide bonds. The van der Waals surface area contributed by atoms with Crippen molar-refractivity contribution in [2.75, 3.05) is 26.3 Å². The Hall–Kier alpha value is -1.80. The van der Waals surface area contributed by atoms with Crippen LogP contribution in [0.4, 0.5) is 13.2 Å². The number of halogens is 4. The van der Waals surface area contributed by atoms with Gasteiger partial charge in [-0.05, 0) is 29.8 Å². The number of imidazole rings is 1. The zero-order chi connectivity index (χ0) is 16.6. The van der Waals surface area contributed by atoms with Gasteiger partial charge in [0.05, 0.1) is 29.8 Å². The largest absolute Gasteiger partial charge is 0.416 e. The van der Waals surface area contributed by atoms with Crippen LogP contribution in [0.1, 0.15) is 5.56 Å². The van der Waals surface area contributed by atoms with Gasteiger partial charge in [-0.15, -0.1) is 0 Å². The monoisotopic (exact) mass is 347 g/mol. The van der Waals surface area contributed by atoms with Crippen molar-refractivity contribution < 1.29 is 22.7 Å². The van der Waals surface area contributed by atoms with Crippen molar-refractivity contribution in [1.29, 1.82) is 0 Å². The molecule has 2 aromatic rings. The molecule has 2 heterocycles. The number of amides is 1. The van der Waals surface area contributed by atoms with E-state index in [4.69, 9.17) is 16.3 Å². The zero-order valence-electron chi connectivity index (χ0n) is 11.9. The Labute approximate surface area is 134 Å². The number of rotatable bonds is 2. The summed E-state index contributed by atoms with van der Waals surface area (Å²) in [5.74, 6) is -0.230. The summed E-state index contributed by atoms with van der Waals surface area (Å²) in [5, 5.41) is -0.0130. The number of benzene rings is 1. The Kier molecular flexibility index (Phi) is 4.20. The van der Waals surface area contributed by atoms with E-state index in [1.807, 2.05) is 0 Å². The quantitative estimate of drug-likeness (QED) is 0.839. The topological polar surface area (TPSA) is 47.4 Å². The molecule has 0 spiro atoms. The maximum absolute atomic E-state index is 12.9. The third-order valence-corrected chi connectivity index (χ3v) is 3.97. The first-order valence-corrected chi connectivity index (χ1v) is 7.32. The Morgan fingerprint density at radius 1 is 1.30 bits per heavy atom. The van der Waals surface area contributed by atoms with Crippen LogP contribution in [0.25, 0.3) is 11.0 Å². The van der Waals surface area contributed by atoms with Crippen LogP contribution in [0.15, 0.2) is 18.2 Å². The highest BCUT2D eigenvalue weighted by atomic mass is 35.5. The number of fused-ring (bicyclic) bond motifs is 1. The predicted octanol–water partition coefficient (Wildman–Crippen LogP) is 2.57. The minimum atomic E-state index is -4.47. The van der Waals surface area contributed by atoms with Crippen LogP contribution in [0.3, 0.4) is 0 Å². The van der Waals surface area contributed by atoms with E-state index in [1.54, 1.807) is 4.90 Å². The first kappa shape index (κ1) is 16.1. The van der Waals surface area contributed by atoms with Gasteiger partial charge in [0.2, 0.25) is 11.2 Å². The highest BCUT2D eigenvalue weighted by molar-refractivity contribution is 6.29. The molecule has 0 bridgehead atoms. The summed E-state index contributed by atoms with van der Waals surface area (Å²) in [5.41, 5.74) is -0.300. The molecule has 5 nitrogen and oxygen atoms in total. The lowest BCUT2D eigenvalue weighted by molar-refractivity contribution is -0.137. The minimum absolute atomic E-state index is 0.0130. The number of hydrogen-bond acceptors (Lipinski definition) is 3. The number of ether oxygens (including phenoxy) is 1. The van der Waals surface area contributed by atoms with E-state index in [0.717, 1.165) is 12.1 Å². The van der Waals surface area contributed by atoms with Crippen molar-refractivity contribution in [1.82, 2.24) is 14.5 Å². The summed E-state index contributed by atoms with van der Waals surface area (Å²) < 4.78 is 45.0. The van der Waals surface area contributed by atoms with Crippen LogP contribution in [-0.4, -0.2) is 46.7 Å². The predicted molar refractivity (Wildman–Crippen MR) is 77.1 cm³/mol. The molecule has 0 radical (unpaired) electrons. The van der Waals surface area contributed by atoms with E-state index in [0.29, 0.717) is 31.8 Å². The molecule has 0 saturated carbocycles. The molecule has 1 fully saturated rings. The first-order chi connectivity index (χ1) is 10.9. The molecule has 1 aromatic heterocycles. The third-order valence-electron chi connectivity index (χ3n) is 3.69. The van der Waals surface area contributed by atoms with E-state index < -0.39 is 11.7 Å². The van der Waals surface area contributed by atoms with Crippen LogP contribution in [0.5, 0.6) is 0 Å². The molecule has 1 aliphatic heterocycles. The fourth-order valence-corrected chi connectivity index (χ4v) is 2.71. The fourth-order valence-electron chi connectivity index (χ4n) is 2.47. The third kappa shape index (κ3) is 3.28. The smallest absolute Gasteiger partial charge is 0.378 e. The summed E-state index contributed by atoms with van der Waals surface area (Å²) in [6.45, 7) is 1.65. The lowest BCUT2D eigenvalue weighted by atomic mass is 10.2. The summed E-state index contributed by atoms with van der Waals surface area (Å²) in [4.78, 5) is 17.9. The van der Waals surface area contributed by atoms with Gasteiger partial charge in [0.1, 0.15) is 6.54 Å². The number of morpholine rings is 1. The second kappa shape index (κ2) is 6.01. The van der Waals surface area contributed by atoms with Crippen molar-refractivity contribution in [3.05, 3.63) is 29.0 Å². The molecule has 0 N–H and O–H groups in total. The molecule has 1 aliphatic rings. The van der Waals surface area contributed by atoms with Crippen LogP contribution in [0.2, 0.25) is 5.28 Å². The van der Waals surface area contributed by atoms with E-state index in [1.165, 1.54) is 10.6 Å². The van der Waals surface area contributed by atoms with Gasteiger partial charge < -0.3 is 14.2 Å². The van der Waals surface area contributed by atoms with Crippen LogP contribution < -0.4 is 0 Å². The lowest BCUT2D eigenvalue weighted by Crippen LogP contribution is -2.42. The molecule has 23 heavy (non-hydrogen) atoms. The average Bonchev–Trinajstić information content (AvgIpc) is 2.82. The highest BCUT2D eigenvalue weighted by Gasteiger charge is 2.31. The Morgan fingerprint density at radius 2 is 2.00 bits per heavy atom. The molecule has 1 saturated heterocycles. The second-order valence-electron chi connectivity index (χ2n) is 5.16. The fraction of sp³-hybridized carbons (Fsp3) is 0.429. The standard InChI is InChI=1S/C14H13ClF3N3O2/c15-13-19-10-2-1-9(14(16,17)18)7-11(10)21(13)8-12(22)20-3-5-23-6-4-20/h1-2,7H,3-6,8H2. The molecule has 0 unspecified atom stereocenters. The van der Waals surface area contributed by atoms with Crippen molar-refractivity contribution in [2.24, 2.45) is 0 Å². The molecule has 124 valence electrons. The summed E-state index contributed by atoms with van der Waals surface area (Å²) in [7, 11) is 0. The van der Waals surface area contributed by atoms with Crippen molar-refractivity contribution in [2.45, 2.75) is 12.7 Å². The van der Waals surface area contributed by atoms with E-state index in [2.05, 4.69) is 4.98 Å². The minimum Gasteiger partial charge on any atom is -0.378 e. The molecule has 9 heteroatoms. The van der Waals surface area contributed by atoms with E-state index in [9.17, 15) is 18.0 Å². The van der Waals surface area contributed by atoms with Crippen molar-refractivity contribution >= 4 is 28.5 Å². The van der Waals surface area contributed by atoms with Gasteiger partial charge in [0.25, 0.3) is 0 Å². The zero-order valence-corrected chi connectivity index (χ0v) is 12.7. The maximum atomic E-state index is 12.9. The Morgan fingerprint density at radius 3 is 2.65 bits per heavy atom. The normalized spacial score (nSPS) is 16.1. The molecule has 0 atom stereocenters.